The number of rotatable bonds is 2. The van der Waals surface area contributed by atoms with Crippen LogP contribution >= 0.6 is 0 Å². The molecule has 0 aliphatic heterocycles. The molecule has 45 heavy (non-hydrogen) atoms. The monoisotopic (exact) mass is 569 g/mol. The van der Waals surface area contributed by atoms with Crippen molar-refractivity contribution in [1.82, 2.24) is 4.57 Å². The zero-order chi connectivity index (χ0) is 29.0. The van der Waals surface area contributed by atoms with E-state index >= 15 is 0 Å². The number of nitrogens with zero attached hydrogens (tertiary/aromatic N) is 1. The molecule has 0 radical (unpaired) electrons. The maximum atomic E-state index is 6.74. The molecular formula is C43H23NO. The standard InChI is InChI=1S/C43H23NO/c1-2-8-23(9-3-1)22-44-32-18-14-28-24-10-4-6-12-26(24)30-16-20-34-42-38(30)36(28)40(32)41-33(44)19-15-29-25-11-5-7-13-27(25)31-17-21-35(45-34)43(42)39(31)37(29)41/h1-21H,22H2. The van der Waals surface area contributed by atoms with Crippen LogP contribution in [0.15, 0.2) is 132 Å². The Morgan fingerprint density at radius 3 is 1.20 bits per heavy atom. The Labute approximate surface area is 256 Å². The molecule has 0 saturated carbocycles. The zero-order valence-electron chi connectivity index (χ0n) is 24.2. The summed E-state index contributed by atoms with van der Waals surface area (Å²) in [5.74, 6) is 0. The van der Waals surface area contributed by atoms with Gasteiger partial charge in [-0.25, -0.2) is 0 Å². The van der Waals surface area contributed by atoms with Crippen molar-refractivity contribution in [3.63, 3.8) is 0 Å². The van der Waals surface area contributed by atoms with Crippen LogP contribution in [0.2, 0.25) is 0 Å². The maximum absolute atomic E-state index is 6.74. The van der Waals surface area contributed by atoms with Gasteiger partial charge in [-0.05, 0) is 85.1 Å². The molecule has 12 aromatic rings. The van der Waals surface area contributed by atoms with Crippen LogP contribution in [0.4, 0.5) is 0 Å². The molecule has 0 amide bonds. The number of furan rings is 1. The Morgan fingerprint density at radius 2 is 0.733 bits per heavy atom. The topological polar surface area (TPSA) is 18.1 Å². The van der Waals surface area contributed by atoms with E-state index in [1.807, 2.05) is 0 Å². The van der Waals surface area contributed by atoms with Gasteiger partial charge in [0.1, 0.15) is 11.2 Å². The molecule has 12 rings (SSSR count). The lowest BCUT2D eigenvalue weighted by atomic mass is 9.84. The minimum atomic E-state index is 0.814. The highest BCUT2D eigenvalue weighted by Gasteiger charge is 2.27. The molecule has 0 saturated heterocycles. The summed E-state index contributed by atoms with van der Waals surface area (Å²) in [5, 5.41) is 20.9. The van der Waals surface area contributed by atoms with E-state index in [2.05, 4.69) is 132 Å². The van der Waals surface area contributed by atoms with Crippen molar-refractivity contribution < 1.29 is 4.42 Å². The van der Waals surface area contributed by atoms with Crippen LogP contribution in [-0.4, -0.2) is 4.57 Å². The highest BCUT2D eigenvalue weighted by molar-refractivity contribution is 6.49. The minimum absolute atomic E-state index is 0.814. The third-order valence-electron chi connectivity index (χ3n) is 10.7. The molecule has 0 N–H and O–H groups in total. The summed E-state index contributed by atoms with van der Waals surface area (Å²) in [4.78, 5) is 0. The Hall–Kier alpha value is -5.86. The minimum Gasteiger partial charge on any atom is -0.456 e. The average Bonchev–Trinajstić information content (AvgIpc) is 3.63. The number of fused-ring (bicyclic) bond motifs is 6. The Balaban J connectivity index is 1.51. The van der Waals surface area contributed by atoms with Crippen molar-refractivity contribution >= 4 is 108 Å². The largest absolute Gasteiger partial charge is 0.456 e. The fourth-order valence-electron chi connectivity index (χ4n) is 9.00. The first-order valence-electron chi connectivity index (χ1n) is 15.7. The fourth-order valence-corrected chi connectivity index (χ4v) is 9.00. The third-order valence-corrected chi connectivity index (χ3v) is 10.7. The predicted octanol–water partition coefficient (Wildman–Crippen LogP) is 12.0. The molecule has 0 aliphatic rings. The van der Waals surface area contributed by atoms with E-state index in [0.717, 1.165) is 17.7 Å². The first kappa shape index (κ1) is 22.6. The third kappa shape index (κ3) is 2.54. The highest BCUT2D eigenvalue weighted by atomic mass is 16.3. The molecule has 0 fully saturated rings. The van der Waals surface area contributed by atoms with Gasteiger partial charge in [-0.2, -0.15) is 0 Å². The molecule has 0 spiro atoms. The average molecular weight is 570 g/mol. The number of benzene rings is 9. The Kier molecular flexibility index (Phi) is 3.83. The molecule has 0 bridgehead atoms. The van der Waals surface area contributed by atoms with Crippen molar-refractivity contribution in [2.75, 3.05) is 0 Å². The summed E-state index contributed by atoms with van der Waals surface area (Å²) in [6.45, 7) is 0.814. The van der Waals surface area contributed by atoms with Crippen LogP contribution in [0.25, 0.3) is 108 Å². The van der Waals surface area contributed by atoms with Gasteiger partial charge < -0.3 is 8.98 Å². The van der Waals surface area contributed by atoms with Gasteiger partial charge in [-0.3, -0.25) is 0 Å². The van der Waals surface area contributed by atoms with Gasteiger partial charge in [-0.15, -0.1) is 0 Å². The molecule has 2 heterocycles. The summed E-state index contributed by atoms with van der Waals surface area (Å²) < 4.78 is 9.30. The molecule has 10 aromatic carbocycles. The van der Waals surface area contributed by atoms with Gasteiger partial charge in [0.2, 0.25) is 0 Å². The maximum Gasteiger partial charge on any atom is 0.136 e. The van der Waals surface area contributed by atoms with Crippen LogP contribution in [0.3, 0.4) is 0 Å². The first-order valence-corrected chi connectivity index (χ1v) is 15.7. The van der Waals surface area contributed by atoms with E-state index in [-0.39, 0.29) is 0 Å². The van der Waals surface area contributed by atoms with Crippen molar-refractivity contribution in [2.24, 2.45) is 0 Å². The Bertz CT molecular complexity index is 2970. The summed E-state index contributed by atoms with van der Waals surface area (Å²) in [6, 6.07) is 47.2. The second-order valence-electron chi connectivity index (χ2n) is 12.8. The Morgan fingerprint density at radius 1 is 0.333 bits per heavy atom. The number of hydrogen-bond acceptors (Lipinski definition) is 1. The van der Waals surface area contributed by atoms with Gasteiger partial charge in [-0.1, -0.05) is 91.0 Å². The molecule has 0 aliphatic carbocycles. The predicted molar refractivity (Wildman–Crippen MR) is 191 cm³/mol. The van der Waals surface area contributed by atoms with Crippen LogP contribution in [-0.2, 0) is 6.54 Å². The van der Waals surface area contributed by atoms with Crippen LogP contribution in [0, 0.1) is 0 Å². The second kappa shape index (κ2) is 7.61. The molecule has 2 aromatic heterocycles. The number of aromatic nitrogens is 1. The molecule has 2 nitrogen and oxygen atoms in total. The van der Waals surface area contributed by atoms with E-state index in [1.54, 1.807) is 0 Å². The highest BCUT2D eigenvalue weighted by Crippen LogP contribution is 2.53. The lowest BCUT2D eigenvalue weighted by Crippen LogP contribution is -1.99. The molecule has 0 unspecified atom stereocenters. The first-order chi connectivity index (χ1) is 22.3. The summed E-state index contributed by atoms with van der Waals surface area (Å²) in [7, 11) is 0. The van der Waals surface area contributed by atoms with E-state index in [0.29, 0.717) is 0 Å². The van der Waals surface area contributed by atoms with Gasteiger partial charge in [0.25, 0.3) is 0 Å². The normalized spacial score (nSPS) is 13.0. The lowest BCUT2D eigenvalue weighted by Gasteiger charge is -2.17. The summed E-state index contributed by atoms with van der Waals surface area (Å²) in [5.41, 5.74) is 5.78. The van der Waals surface area contributed by atoms with Crippen molar-refractivity contribution in [3.8, 4) is 0 Å². The van der Waals surface area contributed by atoms with Crippen molar-refractivity contribution in [3.05, 3.63) is 133 Å². The molecular weight excluding hydrogens is 546 g/mol. The van der Waals surface area contributed by atoms with Gasteiger partial charge >= 0.3 is 0 Å². The van der Waals surface area contributed by atoms with E-state index in [1.165, 1.54) is 103 Å². The quantitative estimate of drug-likeness (QED) is 0.189. The summed E-state index contributed by atoms with van der Waals surface area (Å²) >= 11 is 0. The fraction of sp³-hybridized carbons (Fsp3) is 0.0233. The van der Waals surface area contributed by atoms with E-state index < -0.39 is 0 Å². The zero-order valence-corrected chi connectivity index (χ0v) is 24.2. The van der Waals surface area contributed by atoms with Gasteiger partial charge in [0, 0.05) is 49.6 Å². The smallest absolute Gasteiger partial charge is 0.136 e. The molecule has 2 heteroatoms. The van der Waals surface area contributed by atoms with E-state index in [9.17, 15) is 0 Å². The van der Waals surface area contributed by atoms with Gasteiger partial charge in [0.05, 0.1) is 11.0 Å². The van der Waals surface area contributed by atoms with E-state index in [4.69, 9.17) is 4.42 Å². The van der Waals surface area contributed by atoms with Crippen LogP contribution in [0.5, 0.6) is 0 Å². The molecule has 0 atom stereocenters. The van der Waals surface area contributed by atoms with Crippen LogP contribution < -0.4 is 0 Å². The van der Waals surface area contributed by atoms with Crippen molar-refractivity contribution in [1.29, 1.82) is 0 Å². The van der Waals surface area contributed by atoms with Crippen LogP contribution in [0.1, 0.15) is 5.56 Å². The van der Waals surface area contributed by atoms with Crippen molar-refractivity contribution in [2.45, 2.75) is 6.54 Å². The molecule has 206 valence electrons. The van der Waals surface area contributed by atoms with Gasteiger partial charge in [0.15, 0.2) is 0 Å². The summed E-state index contributed by atoms with van der Waals surface area (Å²) in [6.07, 6.45) is 0. The number of hydrogen-bond donors (Lipinski definition) is 0. The SMILES string of the molecule is c1ccc(Cn2c3ccc4c5ccccc5c5ccc6oc7ccc8c9ccccc9c9ccc2c2c9c8c7c6c5c4c23)cc1. The lowest BCUT2D eigenvalue weighted by molar-refractivity contribution is 0.669. The second-order valence-corrected chi connectivity index (χ2v) is 12.8.